The Hall–Kier alpha value is -1.63. The fourth-order valence-electron chi connectivity index (χ4n) is 1.45. The van der Waals surface area contributed by atoms with Gasteiger partial charge in [-0.1, -0.05) is 6.07 Å². The average Bonchev–Trinajstić information content (AvgIpc) is 2.26. The molecule has 1 amide bonds. The topological polar surface area (TPSA) is 82.0 Å². The van der Waals surface area contributed by atoms with Gasteiger partial charge in [0, 0.05) is 19.7 Å². The van der Waals surface area contributed by atoms with Gasteiger partial charge >= 0.3 is 0 Å². The number of carbonyl (C=O) groups excluding carboxylic acids is 1. The van der Waals surface area contributed by atoms with E-state index in [0.29, 0.717) is 24.3 Å². The van der Waals surface area contributed by atoms with Gasteiger partial charge in [-0.05, 0) is 24.1 Å². The van der Waals surface area contributed by atoms with E-state index in [1.54, 1.807) is 19.2 Å². The van der Waals surface area contributed by atoms with Crippen molar-refractivity contribution in [3.05, 3.63) is 23.8 Å². The fraction of sp³-hybridized carbons (Fsp3) is 0.364. The van der Waals surface area contributed by atoms with Crippen LogP contribution in [-0.2, 0) is 16.0 Å². The lowest BCUT2D eigenvalue weighted by Gasteiger charge is -2.15. The zero-order chi connectivity index (χ0) is 12.8. The van der Waals surface area contributed by atoms with Gasteiger partial charge in [0.15, 0.2) is 0 Å². The van der Waals surface area contributed by atoms with Crippen molar-refractivity contribution in [2.45, 2.75) is 13.3 Å². The predicted molar refractivity (Wildman–Crippen MR) is 62.4 cm³/mol. The van der Waals surface area contributed by atoms with Crippen molar-refractivity contribution in [1.29, 1.82) is 0 Å². The molecule has 3 N–H and O–H groups in total. The Morgan fingerprint density at radius 1 is 1.47 bits per heavy atom. The number of nitrogens with one attached hydrogen (secondary N) is 1. The lowest BCUT2D eigenvalue weighted by atomic mass is 10.1. The summed E-state index contributed by atoms with van der Waals surface area (Å²) < 4.78 is 4.92. The second kappa shape index (κ2) is 6.19. The number of hydrogen-bond acceptors (Lipinski definition) is 5. The number of carbonyl (C=O) groups is 1. The molecule has 0 fully saturated rings. The Bertz CT molecular complexity index is 393. The van der Waals surface area contributed by atoms with Gasteiger partial charge in [0.2, 0.25) is 5.91 Å². The van der Waals surface area contributed by atoms with Crippen molar-refractivity contribution in [3.8, 4) is 0 Å². The number of benzene rings is 1. The minimum atomic E-state index is -0.219. The van der Waals surface area contributed by atoms with Gasteiger partial charge in [0.05, 0.1) is 12.3 Å². The summed E-state index contributed by atoms with van der Waals surface area (Å²) >= 11 is 0. The summed E-state index contributed by atoms with van der Waals surface area (Å²) in [6, 6.07) is 4.88. The van der Waals surface area contributed by atoms with E-state index in [1.807, 2.05) is 0 Å². The van der Waals surface area contributed by atoms with E-state index >= 15 is 0 Å². The number of hydrogen-bond donors (Lipinski definition) is 3. The van der Waals surface area contributed by atoms with Crippen LogP contribution in [-0.4, -0.2) is 30.0 Å². The van der Waals surface area contributed by atoms with Gasteiger partial charge < -0.3 is 10.1 Å². The lowest BCUT2D eigenvalue weighted by Crippen LogP contribution is -2.15. The molecular weight excluding hydrogens is 224 g/mol. The molecule has 0 aliphatic carbocycles. The molecule has 6 nitrogen and oxygen atoms in total. The Labute approximate surface area is 99.3 Å². The van der Waals surface area contributed by atoms with Gasteiger partial charge in [-0.2, -0.15) is 0 Å². The monoisotopic (exact) mass is 240 g/mol. The van der Waals surface area contributed by atoms with Crippen LogP contribution in [0.15, 0.2) is 18.2 Å². The summed E-state index contributed by atoms with van der Waals surface area (Å²) in [5.41, 5.74) is 1.43. The number of ether oxygens (including phenoxy) is 1. The van der Waals surface area contributed by atoms with Crippen LogP contribution < -0.4 is 10.5 Å². The summed E-state index contributed by atoms with van der Waals surface area (Å²) in [6.07, 6.45) is 0.545. The number of nitrogens with zero attached hydrogens (tertiary/aromatic N) is 1. The molecule has 1 aromatic rings. The minimum Gasteiger partial charge on any atom is -0.384 e. The van der Waals surface area contributed by atoms with Crippen molar-refractivity contribution in [2.75, 3.05) is 24.3 Å². The first-order chi connectivity index (χ1) is 8.04. The van der Waals surface area contributed by atoms with Crippen molar-refractivity contribution in [1.82, 2.24) is 0 Å². The average molecular weight is 240 g/mol. The van der Waals surface area contributed by atoms with Crippen molar-refractivity contribution in [3.63, 3.8) is 0 Å². The summed E-state index contributed by atoms with van der Waals surface area (Å²) in [7, 11) is 1.57. The van der Waals surface area contributed by atoms with Gasteiger partial charge in [-0.25, -0.2) is 0 Å². The standard InChI is InChI=1S/C11H16N2O4/c1-8(14)12-10-4-3-9(5-6-17-2)11(7-10)13(15)16/h3-4,7,15-16H,5-6H2,1-2H3,(H,12,14). The Morgan fingerprint density at radius 3 is 2.71 bits per heavy atom. The van der Waals surface area contributed by atoms with Crippen LogP contribution in [0.5, 0.6) is 0 Å². The van der Waals surface area contributed by atoms with E-state index in [0.717, 1.165) is 0 Å². The highest BCUT2D eigenvalue weighted by Gasteiger charge is 2.09. The predicted octanol–water partition coefficient (Wildman–Crippen LogP) is 1.42. The lowest BCUT2D eigenvalue weighted by molar-refractivity contribution is -0.114. The van der Waals surface area contributed by atoms with Crippen molar-refractivity contribution < 1.29 is 19.9 Å². The summed E-state index contributed by atoms with van der Waals surface area (Å²) in [6.45, 7) is 1.86. The molecular formula is C11H16N2O4. The molecule has 0 bridgehead atoms. The summed E-state index contributed by atoms with van der Waals surface area (Å²) in [5, 5.41) is 20.8. The maximum atomic E-state index is 10.9. The third kappa shape index (κ3) is 4.03. The molecule has 0 spiro atoms. The molecule has 0 aromatic heterocycles. The highest BCUT2D eigenvalue weighted by molar-refractivity contribution is 5.89. The van der Waals surface area contributed by atoms with E-state index in [2.05, 4.69) is 5.32 Å². The largest absolute Gasteiger partial charge is 0.384 e. The zero-order valence-electron chi connectivity index (χ0n) is 9.80. The van der Waals surface area contributed by atoms with Crippen LogP contribution in [0.1, 0.15) is 12.5 Å². The van der Waals surface area contributed by atoms with Crippen LogP contribution in [0.4, 0.5) is 11.4 Å². The number of methoxy groups -OCH3 is 1. The first-order valence-electron chi connectivity index (χ1n) is 5.12. The van der Waals surface area contributed by atoms with Crippen LogP contribution in [0.25, 0.3) is 0 Å². The second-order valence-corrected chi connectivity index (χ2v) is 3.56. The third-order valence-electron chi connectivity index (χ3n) is 2.20. The molecule has 1 aromatic carbocycles. The fourth-order valence-corrected chi connectivity index (χ4v) is 1.45. The molecule has 0 saturated carbocycles. The first kappa shape index (κ1) is 13.4. The SMILES string of the molecule is COCCc1ccc(NC(C)=O)cc1N(O)O. The Kier molecular flexibility index (Phi) is 4.89. The van der Waals surface area contributed by atoms with Gasteiger partial charge in [-0.3, -0.25) is 15.2 Å². The number of anilines is 2. The van der Waals surface area contributed by atoms with Crippen LogP contribution in [0, 0.1) is 0 Å². The Balaban J connectivity index is 2.95. The normalized spacial score (nSPS) is 10.1. The molecule has 0 aliphatic heterocycles. The Morgan fingerprint density at radius 2 is 2.18 bits per heavy atom. The van der Waals surface area contributed by atoms with E-state index in [-0.39, 0.29) is 16.8 Å². The number of amides is 1. The van der Waals surface area contributed by atoms with Crippen LogP contribution >= 0.6 is 0 Å². The first-order valence-corrected chi connectivity index (χ1v) is 5.12. The highest BCUT2D eigenvalue weighted by atomic mass is 16.8. The van der Waals surface area contributed by atoms with Crippen molar-refractivity contribution in [2.24, 2.45) is 0 Å². The second-order valence-electron chi connectivity index (χ2n) is 3.56. The van der Waals surface area contributed by atoms with E-state index < -0.39 is 0 Å². The van der Waals surface area contributed by atoms with Gasteiger partial charge in [0.1, 0.15) is 0 Å². The quantitative estimate of drug-likeness (QED) is 0.678. The highest BCUT2D eigenvalue weighted by Crippen LogP contribution is 2.23. The summed E-state index contributed by atoms with van der Waals surface area (Å²) in [5.74, 6) is -0.219. The van der Waals surface area contributed by atoms with Crippen LogP contribution in [0.2, 0.25) is 0 Å². The zero-order valence-corrected chi connectivity index (χ0v) is 9.80. The van der Waals surface area contributed by atoms with E-state index in [9.17, 15) is 4.79 Å². The minimum absolute atomic E-state index is 0.0380. The molecule has 0 atom stereocenters. The number of rotatable bonds is 5. The molecule has 6 heteroatoms. The van der Waals surface area contributed by atoms with Crippen LogP contribution in [0.3, 0.4) is 0 Å². The molecule has 0 heterocycles. The molecule has 0 saturated heterocycles. The summed E-state index contributed by atoms with van der Waals surface area (Å²) in [4.78, 5) is 10.9. The molecule has 0 unspecified atom stereocenters. The van der Waals surface area contributed by atoms with Gasteiger partial charge in [-0.15, -0.1) is 5.23 Å². The maximum Gasteiger partial charge on any atom is 0.221 e. The van der Waals surface area contributed by atoms with E-state index in [1.165, 1.54) is 13.0 Å². The third-order valence-corrected chi connectivity index (χ3v) is 2.20. The van der Waals surface area contributed by atoms with Gasteiger partial charge in [0.25, 0.3) is 0 Å². The molecule has 0 aliphatic rings. The smallest absolute Gasteiger partial charge is 0.221 e. The molecule has 17 heavy (non-hydrogen) atoms. The van der Waals surface area contributed by atoms with E-state index in [4.69, 9.17) is 15.2 Å². The maximum absolute atomic E-state index is 10.9. The molecule has 1 rings (SSSR count). The molecule has 0 radical (unpaired) electrons. The molecule has 94 valence electrons. The van der Waals surface area contributed by atoms with Crippen molar-refractivity contribution >= 4 is 17.3 Å².